The molecular weight excluding hydrogens is 630 g/mol. The van der Waals surface area contributed by atoms with Crippen molar-refractivity contribution >= 4 is 50.8 Å². The summed E-state index contributed by atoms with van der Waals surface area (Å²) in [6, 6.07) is 17.7. The zero-order valence-corrected chi connectivity index (χ0v) is 26.5. The molecule has 1 saturated carbocycles. The predicted molar refractivity (Wildman–Crippen MR) is 167 cm³/mol. The molecule has 8 nitrogen and oxygen atoms in total. The summed E-state index contributed by atoms with van der Waals surface area (Å²) in [6.45, 7) is 2.95. The first-order valence-electron chi connectivity index (χ1n) is 14.4. The molecule has 0 bridgehead atoms. The number of aliphatic carboxylic acids is 1. The van der Waals surface area contributed by atoms with E-state index in [0.717, 1.165) is 4.31 Å². The van der Waals surface area contributed by atoms with E-state index in [-0.39, 0.29) is 18.7 Å². The predicted octanol–water partition coefficient (Wildman–Crippen LogP) is 6.64. The van der Waals surface area contributed by atoms with Gasteiger partial charge in [0.05, 0.1) is 35.5 Å². The van der Waals surface area contributed by atoms with Crippen molar-refractivity contribution in [2.75, 3.05) is 10.8 Å². The lowest BCUT2D eigenvalue weighted by Gasteiger charge is -2.49. The molecule has 0 spiro atoms. The van der Waals surface area contributed by atoms with Gasteiger partial charge >= 0.3 is 5.97 Å². The fourth-order valence-corrected chi connectivity index (χ4v) is 7.89. The van der Waals surface area contributed by atoms with Gasteiger partial charge < -0.3 is 14.7 Å². The van der Waals surface area contributed by atoms with Gasteiger partial charge in [0.15, 0.2) is 0 Å². The van der Waals surface area contributed by atoms with Crippen LogP contribution in [0.2, 0.25) is 10.0 Å². The Bertz CT molecular complexity index is 1640. The standard InChI is InChI=1S/C32H33Cl2FN2O6S/c1-3-24(18-36(44(41,42)25-15-16-25)27-10-5-4-9-26(27)35)37-28(20-11-13-22(33)14-12-20)30(21-7-6-8-23(34)17-21)43-29(31(37)38)19(2)32(39)40/h4-14,17,19,24-25,28-30H,3,15-16,18H2,1-2H3,(H,39,40)/t19-,24+,28-,29-,30-/m1/s1. The smallest absolute Gasteiger partial charge is 0.309 e. The van der Waals surface area contributed by atoms with Crippen LogP contribution in [0.5, 0.6) is 0 Å². The van der Waals surface area contributed by atoms with Crippen molar-refractivity contribution in [1.82, 2.24) is 4.90 Å². The fraction of sp³-hybridized carbons (Fsp3) is 0.375. The lowest BCUT2D eigenvalue weighted by molar-refractivity contribution is -0.190. The fourth-order valence-electron chi connectivity index (χ4n) is 5.67. The van der Waals surface area contributed by atoms with Crippen LogP contribution in [0.25, 0.3) is 0 Å². The third-order valence-electron chi connectivity index (χ3n) is 8.23. The third-order valence-corrected chi connectivity index (χ3v) is 11.0. The van der Waals surface area contributed by atoms with E-state index in [1.807, 2.05) is 0 Å². The zero-order chi connectivity index (χ0) is 31.8. The van der Waals surface area contributed by atoms with Gasteiger partial charge in [0.2, 0.25) is 10.0 Å². The number of rotatable bonds is 11. The summed E-state index contributed by atoms with van der Waals surface area (Å²) in [5, 5.41) is 10.2. The minimum absolute atomic E-state index is 0.108. The second kappa shape index (κ2) is 13.0. The van der Waals surface area contributed by atoms with Crippen molar-refractivity contribution < 1.29 is 32.2 Å². The molecule has 5 atom stereocenters. The van der Waals surface area contributed by atoms with E-state index in [1.165, 1.54) is 30.0 Å². The van der Waals surface area contributed by atoms with Crippen LogP contribution >= 0.6 is 23.2 Å². The average molecular weight is 664 g/mol. The molecule has 12 heteroatoms. The number of morpholine rings is 1. The van der Waals surface area contributed by atoms with Crippen molar-refractivity contribution in [1.29, 1.82) is 0 Å². The van der Waals surface area contributed by atoms with Crippen molar-refractivity contribution in [3.63, 3.8) is 0 Å². The number of hydrogen-bond donors (Lipinski definition) is 1. The summed E-state index contributed by atoms with van der Waals surface area (Å²) in [5.41, 5.74) is 1.13. The summed E-state index contributed by atoms with van der Waals surface area (Å²) in [5.74, 6) is -3.77. The highest BCUT2D eigenvalue weighted by Crippen LogP contribution is 2.46. The average Bonchev–Trinajstić information content (AvgIpc) is 3.85. The lowest BCUT2D eigenvalue weighted by atomic mass is 9.88. The second-order valence-corrected chi connectivity index (χ2v) is 14.2. The molecule has 3 aromatic rings. The number of carbonyl (C=O) groups is 2. The van der Waals surface area contributed by atoms with Crippen molar-refractivity contribution in [3.8, 4) is 0 Å². The molecule has 0 unspecified atom stereocenters. The van der Waals surface area contributed by atoms with Crippen LogP contribution in [-0.4, -0.2) is 54.2 Å². The van der Waals surface area contributed by atoms with E-state index >= 15 is 4.39 Å². The van der Waals surface area contributed by atoms with Gasteiger partial charge in [-0.15, -0.1) is 0 Å². The quantitative estimate of drug-likeness (QED) is 0.247. The molecule has 1 heterocycles. The van der Waals surface area contributed by atoms with Gasteiger partial charge in [0, 0.05) is 10.0 Å². The van der Waals surface area contributed by atoms with Gasteiger partial charge in [-0.25, -0.2) is 12.8 Å². The molecule has 1 aliphatic heterocycles. The molecular formula is C32H33Cl2FN2O6S. The van der Waals surface area contributed by atoms with E-state index in [1.54, 1.807) is 61.5 Å². The number of sulfonamides is 1. The van der Waals surface area contributed by atoms with Gasteiger partial charge in [0.25, 0.3) is 5.91 Å². The molecule has 1 N–H and O–H groups in total. The normalized spacial score (nSPS) is 22.0. The Labute approximate surface area is 266 Å². The number of ether oxygens (including phenoxy) is 1. The van der Waals surface area contributed by atoms with E-state index in [9.17, 15) is 23.1 Å². The Kier molecular flexibility index (Phi) is 9.55. The maximum atomic E-state index is 15.2. The Balaban J connectivity index is 1.68. The van der Waals surface area contributed by atoms with Crippen LogP contribution in [-0.2, 0) is 24.3 Å². The second-order valence-electron chi connectivity index (χ2n) is 11.2. The molecule has 2 aliphatic rings. The molecule has 0 aromatic heterocycles. The topological polar surface area (TPSA) is 104 Å². The number of hydrogen-bond acceptors (Lipinski definition) is 5. The van der Waals surface area contributed by atoms with Gasteiger partial charge in [-0.3, -0.25) is 13.9 Å². The SMILES string of the molecule is CC[C@@H](CN(c1ccccc1F)S(=O)(=O)C1CC1)N1C(=O)[C@@H]([C@@H](C)C(=O)O)O[C@H](c2cccc(Cl)c2)[C@H]1c1ccc(Cl)cc1. The third kappa shape index (κ3) is 6.44. The molecule has 1 aliphatic carbocycles. The molecule has 1 saturated heterocycles. The summed E-state index contributed by atoms with van der Waals surface area (Å²) < 4.78 is 50.1. The van der Waals surface area contributed by atoms with Crippen molar-refractivity contribution in [2.24, 2.45) is 5.92 Å². The highest BCUT2D eigenvalue weighted by atomic mass is 35.5. The number of anilines is 1. The van der Waals surface area contributed by atoms with E-state index in [0.29, 0.717) is 34.0 Å². The number of nitrogens with zero attached hydrogens (tertiary/aromatic N) is 2. The largest absolute Gasteiger partial charge is 0.481 e. The van der Waals surface area contributed by atoms with E-state index in [2.05, 4.69) is 0 Å². The lowest BCUT2D eigenvalue weighted by Crippen LogP contribution is -2.59. The summed E-state index contributed by atoms with van der Waals surface area (Å²) >= 11 is 12.6. The van der Waals surface area contributed by atoms with Crippen LogP contribution in [0.15, 0.2) is 72.8 Å². The molecule has 5 rings (SSSR count). The molecule has 234 valence electrons. The van der Waals surface area contributed by atoms with Gasteiger partial charge in [-0.05, 0) is 73.7 Å². The molecule has 1 amide bonds. The molecule has 3 aromatic carbocycles. The van der Waals surface area contributed by atoms with Crippen molar-refractivity contribution in [3.05, 3.63) is 99.8 Å². The summed E-state index contributed by atoms with van der Waals surface area (Å²) in [7, 11) is -3.97. The number of carboxylic acids is 1. The summed E-state index contributed by atoms with van der Waals surface area (Å²) in [4.78, 5) is 28.1. The highest BCUT2D eigenvalue weighted by Gasteiger charge is 2.51. The number of amides is 1. The molecule has 2 fully saturated rings. The summed E-state index contributed by atoms with van der Waals surface area (Å²) in [6.07, 6.45) is -1.07. The van der Waals surface area contributed by atoms with Crippen LogP contribution in [0.4, 0.5) is 10.1 Å². The van der Waals surface area contributed by atoms with E-state index < -0.39 is 63.2 Å². The van der Waals surface area contributed by atoms with Gasteiger partial charge in [-0.2, -0.15) is 0 Å². The Hall–Kier alpha value is -3.18. The van der Waals surface area contributed by atoms with Gasteiger partial charge in [-0.1, -0.05) is 66.5 Å². The molecule has 44 heavy (non-hydrogen) atoms. The van der Waals surface area contributed by atoms with E-state index in [4.69, 9.17) is 27.9 Å². The number of halogens is 3. The Morgan fingerprint density at radius 2 is 1.73 bits per heavy atom. The number of carboxylic acid groups (broad SMARTS) is 1. The molecule has 0 radical (unpaired) electrons. The van der Waals surface area contributed by atoms with Crippen LogP contribution in [0.3, 0.4) is 0 Å². The maximum Gasteiger partial charge on any atom is 0.309 e. The van der Waals surface area contributed by atoms with Crippen molar-refractivity contribution in [2.45, 2.75) is 62.7 Å². The number of carbonyl (C=O) groups excluding carboxylic acids is 1. The first-order valence-corrected chi connectivity index (χ1v) is 16.7. The first kappa shape index (κ1) is 32.2. The minimum atomic E-state index is -3.97. The number of para-hydroxylation sites is 1. The van der Waals surface area contributed by atoms with Gasteiger partial charge in [0.1, 0.15) is 18.0 Å². The van der Waals surface area contributed by atoms with Crippen LogP contribution in [0, 0.1) is 11.7 Å². The van der Waals surface area contributed by atoms with Crippen LogP contribution < -0.4 is 4.31 Å². The zero-order valence-electron chi connectivity index (χ0n) is 24.1. The monoisotopic (exact) mass is 662 g/mol. The Morgan fingerprint density at radius 1 is 1.05 bits per heavy atom. The minimum Gasteiger partial charge on any atom is -0.481 e. The number of benzene rings is 3. The highest BCUT2D eigenvalue weighted by molar-refractivity contribution is 7.93. The first-order chi connectivity index (χ1) is 20.9. The van der Waals surface area contributed by atoms with Crippen LogP contribution in [0.1, 0.15) is 56.4 Å². The Morgan fingerprint density at radius 3 is 2.32 bits per heavy atom. The maximum absolute atomic E-state index is 15.2.